The average molecular weight is 553 g/mol. The molecule has 0 bridgehead atoms. The maximum absolute atomic E-state index is 2.60. The quantitative estimate of drug-likeness (QED) is 0.232. The van der Waals surface area contributed by atoms with Crippen molar-refractivity contribution < 1.29 is 0 Å². The summed E-state index contributed by atoms with van der Waals surface area (Å²) in [6.45, 7) is 4.87. The van der Waals surface area contributed by atoms with Crippen molar-refractivity contribution in [3.63, 3.8) is 0 Å². The lowest BCUT2D eigenvalue weighted by Crippen LogP contribution is -2.25. The number of fused-ring (bicyclic) bond motifs is 8. The van der Waals surface area contributed by atoms with Gasteiger partial charge in [0.15, 0.2) is 0 Å². The van der Waals surface area contributed by atoms with Crippen LogP contribution in [0, 0.1) is 11.8 Å². The molecule has 5 aliphatic rings. The van der Waals surface area contributed by atoms with Crippen LogP contribution in [0.5, 0.6) is 0 Å². The van der Waals surface area contributed by atoms with E-state index in [9.17, 15) is 0 Å². The van der Waals surface area contributed by atoms with Crippen molar-refractivity contribution in [2.45, 2.75) is 44.9 Å². The summed E-state index contributed by atoms with van der Waals surface area (Å²) in [6.07, 6.45) is 23.6. The fraction of sp³-hybridized carbons (Fsp3) is 0.209. The molecule has 0 heteroatoms. The molecule has 0 nitrogen and oxygen atoms in total. The van der Waals surface area contributed by atoms with E-state index < -0.39 is 0 Å². The van der Waals surface area contributed by atoms with E-state index in [1.807, 2.05) is 0 Å². The summed E-state index contributed by atoms with van der Waals surface area (Å²) in [7, 11) is 0. The van der Waals surface area contributed by atoms with Gasteiger partial charge in [0.2, 0.25) is 0 Å². The minimum Gasteiger partial charge on any atom is -0.0836 e. The first-order chi connectivity index (χ1) is 21.1. The lowest BCUT2D eigenvalue weighted by Gasteiger charge is -2.36. The standard InChI is InChI=1S/C43H36/c1-43(2)39-22-21-28-10-5-6-12-35(28)41(39)42-37-14-8-7-13-36(37)38(26-40(42)43)34-20-19-32-24-31(17-18-33(32)25-34)30-16-15-27-9-3-4-11-29(27)23-30/h3,5-10,12-18,21-26,36-37H,4,11,19-20H2,1-2H3. The van der Waals surface area contributed by atoms with Gasteiger partial charge in [-0.1, -0.05) is 135 Å². The third-order valence-corrected chi connectivity index (χ3v) is 10.8. The molecule has 9 rings (SSSR count). The van der Waals surface area contributed by atoms with E-state index in [1.54, 1.807) is 5.57 Å². The molecule has 0 heterocycles. The van der Waals surface area contributed by atoms with E-state index in [-0.39, 0.29) is 5.41 Å². The van der Waals surface area contributed by atoms with Crippen molar-refractivity contribution in [2.75, 3.05) is 0 Å². The number of aryl methyl sites for hydroxylation is 2. The minimum atomic E-state index is -0.0212. The van der Waals surface area contributed by atoms with Crippen molar-refractivity contribution in [1.29, 1.82) is 0 Å². The van der Waals surface area contributed by atoms with Crippen molar-refractivity contribution >= 4 is 28.5 Å². The molecule has 2 atom stereocenters. The number of hydrogen-bond acceptors (Lipinski definition) is 0. The molecule has 0 fully saturated rings. The predicted molar refractivity (Wildman–Crippen MR) is 183 cm³/mol. The molecular weight excluding hydrogens is 516 g/mol. The van der Waals surface area contributed by atoms with Gasteiger partial charge in [0.05, 0.1) is 0 Å². The molecule has 5 aliphatic carbocycles. The van der Waals surface area contributed by atoms with Crippen LogP contribution in [-0.4, -0.2) is 0 Å². The van der Waals surface area contributed by atoms with Crippen molar-refractivity contribution in [2.24, 2.45) is 11.8 Å². The van der Waals surface area contributed by atoms with Gasteiger partial charge in [-0.05, 0) is 103 Å². The van der Waals surface area contributed by atoms with E-state index >= 15 is 0 Å². The van der Waals surface area contributed by atoms with E-state index in [2.05, 4.69) is 135 Å². The normalized spacial score (nSPS) is 22.4. The fourth-order valence-electron chi connectivity index (χ4n) is 8.55. The summed E-state index contributed by atoms with van der Waals surface area (Å²) in [5, 5.41) is 2.74. The summed E-state index contributed by atoms with van der Waals surface area (Å²) in [5.41, 5.74) is 17.4. The molecule has 2 unspecified atom stereocenters. The molecule has 208 valence electrons. The Labute approximate surface area is 255 Å². The van der Waals surface area contributed by atoms with Crippen LogP contribution in [0.3, 0.4) is 0 Å². The SMILES string of the molecule is CC1(C)C2=C(c3c1ccc1ccccc31)C1C=CC=CC1C(C1=Cc3ccc(-c4ccc5c(c4)CCC=C5)cc3CC1)=C2. The molecule has 0 saturated heterocycles. The molecule has 4 aromatic carbocycles. The largest absolute Gasteiger partial charge is 0.0836 e. The second-order valence-corrected chi connectivity index (χ2v) is 13.5. The zero-order chi connectivity index (χ0) is 28.7. The Bertz CT molecular complexity index is 2050. The second-order valence-electron chi connectivity index (χ2n) is 13.5. The van der Waals surface area contributed by atoms with E-state index in [0.29, 0.717) is 11.8 Å². The van der Waals surface area contributed by atoms with Crippen LogP contribution in [-0.2, 0) is 18.3 Å². The molecule has 0 radical (unpaired) electrons. The van der Waals surface area contributed by atoms with Crippen LogP contribution < -0.4 is 0 Å². The van der Waals surface area contributed by atoms with Gasteiger partial charge >= 0.3 is 0 Å². The summed E-state index contributed by atoms with van der Waals surface area (Å²) in [5.74, 6) is 0.746. The van der Waals surface area contributed by atoms with Gasteiger partial charge < -0.3 is 0 Å². The number of benzene rings is 4. The van der Waals surface area contributed by atoms with Gasteiger partial charge in [-0.2, -0.15) is 0 Å². The topological polar surface area (TPSA) is 0 Å². The molecule has 0 amide bonds. The highest BCUT2D eigenvalue weighted by molar-refractivity contribution is 6.01. The maximum Gasteiger partial charge on any atom is 0.0156 e. The van der Waals surface area contributed by atoms with Crippen molar-refractivity contribution in [3.05, 3.63) is 159 Å². The third kappa shape index (κ3) is 3.75. The molecule has 0 aliphatic heterocycles. The van der Waals surface area contributed by atoms with Crippen molar-refractivity contribution in [3.8, 4) is 11.1 Å². The Morgan fingerprint density at radius 2 is 1.47 bits per heavy atom. The highest BCUT2D eigenvalue weighted by Crippen LogP contribution is 2.58. The van der Waals surface area contributed by atoms with Gasteiger partial charge in [0.25, 0.3) is 0 Å². The van der Waals surface area contributed by atoms with Crippen molar-refractivity contribution in [1.82, 2.24) is 0 Å². The van der Waals surface area contributed by atoms with Crippen LogP contribution in [0.25, 0.3) is 39.6 Å². The first-order valence-electron chi connectivity index (χ1n) is 16.0. The first kappa shape index (κ1) is 25.1. The van der Waals surface area contributed by atoms with E-state index in [4.69, 9.17) is 0 Å². The Kier molecular flexibility index (Phi) is 5.42. The summed E-state index contributed by atoms with van der Waals surface area (Å²) in [4.78, 5) is 0. The minimum absolute atomic E-state index is 0.0212. The highest BCUT2D eigenvalue weighted by atomic mass is 14.5. The van der Waals surface area contributed by atoms with E-state index in [1.165, 1.54) is 72.0 Å². The molecule has 0 saturated carbocycles. The van der Waals surface area contributed by atoms with Gasteiger partial charge in [-0.25, -0.2) is 0 Å². The van der Waals surface area contributed by atoms with Crippen LogP contribution in [0.1, 0.15) is 60.1 Å². The average Bonchev–Trinajstić information content (AvgIpc) is 3.30. The zero-order valence-corrected chi connectivity index (χ0v) is 25.0. The summed E-state index contributed by atoms with van der Waals surface area (Å²) < 4.78 is 0. The predicted octanol–water partition coefficient (Wildman–Crippen LogP) is 10.8. The van der Waals surface area contributed by atoms with Crippen LogP contribution >= 0.6 is 0 Å². The summed E-state index contributed by atoms with van der Waals surface area (Å²) in [6, 6.07) is 27.8. The molecular formula is C43H36. The molecule has 0 aromatic heterocycles. The number of allylic oxidation sites excluding steroid dienone is 10. The van der Waals surface area contributed by atoms with Gasteiger partial charge in [-0.15, -0.1) is 0 Å². The van der Waals surface area contributed by atoms with Crippen LogP contribution in [0.2, 0.25) is 0 Å². The van der Waals surface area contributed by atoms with E-state index in [0.717, 1.165) is 25.7 Å². The lowest BCUT2D eigenvalue weighted by molar-refractivity contribution is 0.607. The molecule has 0 N–H and O–H groups in total. The third-order valence-electron chi connectivity index (χ3n) is 10.8. The van der Waals surface area contributed by atoms with Crippen LogP contribution in [0.15, 0.2) is 126 Å². The smallest absolute Gasteiger partial charge is 0.0156 e. The fourth-order valence-corrected chi connectivity index (χ4v) is 8.55. The Morgan fingerprint density at radius 3 is 2.33 bits per heavy atom. The molecule has 4 aromatic rings. The molecule has 0 spiro atoms. The van der Waals surface area contributed by atoms with Gasteiger partial charge in [0, 0.05) is 17.3 Å². The monoisotopic (exact) mass is 552 g/mol. The highest BCUT2D eigenvalue weighted by Gasteiger charge is 2.45. The number of rotatable bonds is 2. The van der Waals surface area contributed by atoms with Gasteiger partial charge in [0.1, 0.15) is 0 Å². The summed E-state index contributed by atoms with van der Waals surface area (Å²) >= 11 is 0. The second kappa shape index (κ2) is 9.29. The van der Waals surface area contributed by atoms with Crippen LogP contribution in [0.4, 0.5) is 0 Å². The Balaban J connectivity index is 1.14. The Morgan fingerprint density at radius 1 is 0.698 bits per heavy atom. The first-order valence-corrected chi connectivity index (χ1v) is 16.0. The Hall–Kier alpha value is -4.42. The molecule has 43 heavy (non-hydrogen) atoms. The van der Waals surface area contributed by atoms with Gasteiger partial charge in [-0.3, -0.25) is 0 Å². The maximum atomic E-state index is 2.60. The lowest BCUT2D eigenvalue weighted by atomic mass is 9.67. The number of hydrogen-bond donors (Lipinski definition) is 0. The zero-order valence-electron chi connectivity index (χ0n) is 25.0.